The van der Waals surface area contributed by atoms with Gasteiger partial charge in [0.1, 0.15) is 22.3 Å². The van der Waals surface area contributed by atoms with E-state index in [1.807, 2.05) is 0 Å². The molecule has 0 aliphatic carbocycles. The van der Waals surface area contributed by atoms with Gasteiger partial charge in [0.05, 0.1) is 0 Å². The molecule has 3 nitrogen and oxygen atoms in total. The van der Waals surface area contributed by atoms with Crippen LogP contribution >= 0.6 is 0 Å². The van der Waals surface area contributed by atoms with Crippen LogP contribution in [0, 0.1) is 0 Å². The molecule has 0 fully saturated rings. The average Bonchev–Trinajstić information content (AvgIpc) is 3.85. The van der Waals surface area contributed by atoms with E-state index in [4.69, 9.17) is 8.83 Å². The van der Waals surface area contributed by atoms with Gasteiger partial charge in [-0.25, -0.2) is 0 Å². The maximum Gasteiger partial charge on any atom is 0.137 e. The quantitative estimate of drug-likeness (QED) is 0.165. The molecule has 10 aromatic carbocycles. The zero-order valence-electron chi connectivity index (χ0n) is 30.8. The van der Waals surface area contributed by atoms with Crippen molar-refractivity contribution in [2.75, 3.05) is 4.90 Å². The van der Waals surface area contributed by atoms with E-state index in [2.05, 4.69) is 205 Å². The molecular formula is C54H33NO2. The summed E-state index contributed by atoms with van der Waals surface area (Å²) in [5.41, 5.74) is 11.2. The van der Waals surface area contributed by atoms with Crippen molar-refractivity contribution in [3.63, 3.8) is 0 Å². The standard InChI is InChI=1S/C54H33NO2/c1-2-9-34(10-3-1)35-19-23-40(24-20-35)55(42-25-28-47-52(33-42)57-51-29-22-37-12-5-7-14-45(37)53(47)51)41-26-30-49-48(32-41)54-46(15-8-16-50(54)56-49)39-21-27-44-38(31-39)18-17-36-11-4-6-13-43(36)44/h1-33H. The summed E-state index contributed by atoms with van der Waals surface area (Å²) < 4.78 is 13.2. The van der Waals surface area contributed by atoms with E-state index >= 15 is 0 Å². The van der Waals surface area contributed by atoms with Gasteiger partial charge >= 0.3 is 0 Å². The molecule has 2 aromatic heterocycles. The van der Waals surface area contributed by atoms with E-state index in [0.29, 0.717) is 0 Å². The third kappa shape index (κ3) is 5.06. The number of hydrogen-bond donors (Lipinski definition) is 0. The van der Waals surface area contributed by atoms with Crippen molar-refractivity contribution in [2.24, 2.45) is 0 Å². The fourth-order valence-corrected chi connectivity index (χ4v) is 8.93. The predicted molar refractivity (Wildman–Crippen MR) is 239 cm³/mol. The van der Waals surface area contributed by atoms with Crippen molar-refractivity contribution >= 4 is 93.3 Å². The molecule has 3 heteroatoms. The Labute approximate surface area is 328 Å². The lowest BCUT2D eigenvalue weighted by atomic mass is 9.95. The molecule has 0 atom stereocenters. The lowest BCUT2D eigenvalue weighted by molar-refractivity contribution is 0.668. The first kappa shape index (κ1) is 31.7. The van der Waals surface area contributed by atoms with Crippen molar-refractivity contribution in [3.05, 3.63) is 200 Å². The molecule has 0 aliphatic rings. The summed E-state index contributed by atoms with van der Waals surface area (Å²) in [6.07, 6.45) is 0. The third-order valence-corrected chi connectivity index (χ3v) is 11.6. The lowest BCUT2D eigenvalue weighted by Gasteiger charge is -2.26. The van der Waals surface area contributed by atoms with Gasteiger partial charge in [-0.2, -0.15) is 0 Å². The Balaban J connectivity index is 1.04. The highest BCUT2D eigenvalue weighted by molar-refractivity contribution is 6.19. The number of rotatable bonds is 5. The maximum absolute atomic E-state index is 6.59. The second-order valence-corrected chi connectivity index (χ2v) is 14.9. The first-order chi connectivity index (χ1) is 28.2. The van der Waals surface area contributed by atoms with E-state index < -0.39 is 0 Å². The van der Waals surface area contributed by atoms with Gasteiger partial charge in [-0.3, -0.25) is 0 Å². The summed E-state index contributed by atoms with van der Waals surface area (Å²) in [4.78, 5) is 2.32. The molecule has 0 spiro atoms. The first-order valence-electron chi connectivity index (χ1n) is 19.4. The topological polar surface area (TPSA) is 29.5 Å². The van der Waals surface area contributed by atoms with Crippen LogP contribution in [-0.4, -0.2) is 0 Å². The Hall–Kier alpha value is -7.62. The zero-order chi connectivity index (χ0) is 37.5. The SMILES string of the molecule is c1ccc(-c2ccc(N(c3ccc4c(c3)oc3ccc5ccccc5c34)c3ccc4oc5cccc(-c6ccc7c(ccc8ccccc87)c6)c5c4c3)cc2)cc1. The Bertz CT molecular complexity index is 3520. The van der Waals surface area contributed by atoms with E-state index in [9.17, 15) is 0 Å². The van der Waals surface area contributed by atoms with Gasteiger partial charge in [-0.1, -0.05) is 133 Å². The molecule has 57 heavy (non-hydrogen) atoms. The van der Waals surface area contributed by atoms with Gasteiger partial charge in [-0.05, 0) is 115 Å². The van der Waals surface area contributed by atoms with Gasteiger partial charge in [0.25, 0.3) is 0 Å². The van der Waals surface area contributed by atoms with Gasteiger partial charge in [0, 0.05) is 44.7 Å². The van der Waals surface area contributed by atoms with Crippen LogP contribution in [0.25, 0.3) is 98.4 Å². The Morgan fingerprint density at radius 2 is 0.877 bits per heavy atom. The highest BCUT2D eigenvalue weighted by Gasteiger charge is 2.20. The van der Waals surface area contributed by atoms with Crippen molar-refractivity contribution in [2.45, 2.75) is 0 Å². The summed E-state index contributed by atoms with van der Waals surface area (Å²) in [5.74, 6) is 0. The second kappa shape index (κ2) is 12.5. The fraction of sp³-hybridized carbons (Fsp3) is 0. The van der Waals surface area contributed by atoms with E-state index in [-0.39, 0.29) is 0 Å². The Morgan fingerprint density at radius 3 is 1.75 bits per heavy atom. The molecule has 0 saturated carbocycles. The van der Waals surface area contributed by atoms with Crippen LogP contribution in [0.5, 0.6) is 0 Å². The molecule has 0 N–H and O–H groups in total. The summed E-state index contributed by atoms with van der Waals surface area (Å²) in [6, 6.07) is 71.5. The minimum Gasteiger partial charge on any atom is -0.456 e. The minimum atomic E-state index is 0.853. The van der Waals surface area contributed by atoms with E-state index in [1.165, 1.54) is 43.4 Å². The van der Waals surface area contributed by atoms with Gasteiger partial charge in [0.15, 0.2) is 0 Å². The highest BCUT2D eigenvalue weighted by atomic mass is 16.3. The summed E-state index contributed by atoms with van der Waals surface area (Å²) >= 11 is 0. The van der Waals surface area contributed by atoms with Crippen LogP contribution in [0.2, 0.25) is 0 Å². The molecule has 12 aromatic rings. The van der Waals surface area contributed by atoms with Crippen molar-refractivity contribution < 1.29 is 8.83 Å². The van der Waals surface area contributed by atoms with Gasteiger partial charge in [0.2, 0.25) is 0 Å². The summed E-state index contributed by atoms with van der Waals surface area (Å²) in [5, 5.41) is 11.8. The Kier molecular flexibility index (Phi) is 6.93. The smallest absolute Gasteiger partial charge is 0.137 e. The minimum absolute atomic E-state index is 0.853. The number of benzene rings is 10. The van der Waals surface area contributed by atoms with Crippen LogP contribution in [0.4, 0.5) is 17.1 Å². The molecule has 0 saturated heterocycles. The predicted octanol–water partition coefficient (Wildman–Crippen LogP) is 15.7. The van der Waals surface area contributed by atoms with Crippen LogP contribution in [-0.2, 0) is 0 Å². The Morgan fingerprint density at radius 1 is 0.281 bits per heavy atom. The van der Waals surface area contributed by atoms with Crippen LogP contribution in [0.3, 0.4) is 0 Å². The second-order valence-electron chi connectivity index (χ2n) is 14.9. The highest BCUT2D eigenvalue weighted by Crippen LogP contribution is 2.44. The monoisotopic (exact) mass is 727 g/mol. The molecule has 12 rings (SSSR count). The number of nitrogens with zero attached hydrogens (tertiary/aromatic N) is 1. The van der Waals surface area contributed by atoms with Crippen LogP contribution in [0.1, 0.15) is 0 Å². The fourth-order valence-electron chi connectivity index (χ4n) is 8.93. The number of furan rings is 2. The molecule has 266 valence electrons. The number of fused-ring (bicyclic) bond motifs is 11. The van der Waals surface area contributed by atoms with Crippen LogP contribution < -0.4 is 4.90 Å². The van der Waals surface area contributed by atoms with Crippen molar-refractivity contribution in [3.8, 4) is 22.3 Å². The molecule has 0 amide bonds. The van der Waals surface area contributed by atoms with Gasteiger partial charge < -0.3 is 13.7 Å². The molecule has 0 aliphatic heterocycles. The van der Waals surface area contributed by atoms with E-state index in [1.54, 1.807) is 0 Å². The molecule has 0 radical (unpaired) electrons. The first-order valence-corrected chi connectivity index (χ1v) is 19.4. The molecular weight excluding hydrogens is 695 g/mol. The normalized spacial score (nSPS) is 11.9. The zero-order valence-corrected chi connectivity index (χ0v) is 30.8. The molecule has 0 unspecified atom stereocenters. The average molecular weight is 728 g/mol. The lowest BCUT2D eigenvalue weighted by Crippen LogP contribution is -2.09. The largest absolute Gasteiger partial charge is 0.456 e. The van der Waals surface area contributed by atoms with Crippen molar-refractivity contribution in [1.29, 1.82) is 0 Å². The van der Waals surface area contributed by atoms with Gasteiger partial charge in [-0.15, -0.1) is 0 Å². The summed E-state index contributed by atoms with van der Waals surface area (Å²) in [7, 11) is 0. The molecule has 0 bridgehead atoms. The summed E-state index contributed by atoms with van der Waals surface area (Å²) in [6.45, 7) is 0. The third-order valence-electron chi connectivity index (χ3n) is 11.6. The number of hydrogen-bond acceptors (Lipinski definition) is 3. The van der Waals surface area contributed by atoms with Crippen LogP contribution in [0.15, 0.2) is 209 Å². The van der Waals surface area contributed by atoms with Crippen molar-refractivity contribution in [1.82, 2.24) is 0 Å². The molecule has 2 heterocycles. The number of anilines is 3. The van der Waals surface area contributed by atoms with E-state index in [0.717, 1.165) is 72.1 Å². The maximum atomic E-state index is 6.59.